The van der Waals surface area contributed by atoms with E-state index in [1.807, 2.05) is 13.0 Å². The summed E-state index contributed by atoms with van der Waals surface area (Å²) in [6.45, 7) is 2.64. The standard InChI is InChI=1S/C20H19F3N4O4S/c1-2-25-16-11-24-8-7-12(16)9-13-10-19(13)17(28)27(18(29)26-19)14-3-5-15(6-4-14)32(30,31)20(21,22)23/h3-8,11,13,25H,2,9-10H2,1H3,(H,26,29). The molecule has 4 rings (SSSR count). The number of amides is 3. The van der Waals surface area contributed by atoms with Crippen LogP contribution in [-0.2, 0) is 21.1 Å². The molecule has 1 saturated heterocycles. The zero-order chi connectivity index (χ0) is 23.3. The molecule has 1 aromatic carbocycles. The number of halogens is 3. The smallest absolute Gasteiger partial charge is 0.384 e. The van der Waals surface area contributed by atoms with Crippen molar-refractivity contribution in [1.82, 2.24) is 10.3 Å². The first-order valence-corrected chi connectivity index (χ1v) is 11.2. The first-order chi connectivity index (χ1) is 15.0. The Bertz CT molecular complexity index is 1180. The number of carbonyl (C=O) groups excluding carboxylic acids is 2. The molecule has 1 aliphatic carbocycles. The molecule has 2 fully saturated rings. The number of anilines is 2. The van der Waals surface area contributed by atoms with Gasteiger partial charge in [0.25, 0.3) is 15.7 Å². The summed E-state index contributed by atoms with van der Waals surface area (Å²) in [5.74, 6) is -0.674. The number of nitrogens with zero attached hydrogens (tertiary/aromatic N) is 2. The summed E-state index contributed by atoms with van der Waals surface area (Å²) in [5.41, 5.74) is -4.74. The van der Waals surface area contributed by atoms with Gasteiger partial charge in [-0.05, 0) is 61.6 Å². The number of urea groups is 1. The van der Waals surface area contributed by atoms with Crippen LogP contribution < -0.4 is 15.5 Å². The zero-order valence-electron chi connectivity index (χ0n) is 16.8. The summed E-state index contributed by atoms with van der Waals surface area (Å²) in [7, 11) is -5.52. The Kier molecular flexibility index (Phi) is 5.15. The molecule has 2 heterocycles. The normalized spacial score (nSPS) is 22.9. The molecule has 8 nitrogen and oxygen atoms in total. The van der Waals surface area contributed by atoms with E-state index in [1.54, 1.807) is 12.4 Å². The van der Waals surface area contributed by atoms with E-state index in [0.717, 1.165) is 40.4 Å². The van der Waals surface area contributed by atoms with Crippen molar-refractivity contribution in [1.29, 1.82) is 0 Å². The fourth-order valence-corrected chi connectivity index (χ4v) is 4.70. The first kappa shape index (κ1) is 22.1. The number of hydrogen-bond donors (Lipinski definition) is 2. The third kappa shape index (κ3) is 3.48. The SMILES string of the molecule is CCNc1cnccc1CC1CC12NC(=O)N(c1ccc(S(=O)(=O)C(F)(F)F)cc1)C2=O. The summed E-state index contributed by atoms with van der Waals surface area (Å²) in [6.07, 6.45) is 4.27. The van der Waals surface area contributed by atoms with Crippen LogP contribution in [0.2, 0.25) is 0 Å². The Morgan fingerprint density at radius 3 is 2.53 bits per heavy atom. The molecule has 1 aromatic heterocycles. The highest BCUT2D eigenvalue weighted by atomic mass is 32.2. The predicted molar refractivity (Wildman–Crippen MR) is 109 cm³/mol. The second kappa shape index (κ2) is 7.47. The molecule has 1 saturated carbocycles. The number of nitrogens with one attached hydrogen (secondary N) is 2. The molecule has 2 N–H and O–H groups in total. The monoisotopic (exact) mass is 468 g/mol. The van der Waals surface area contributed by atoms with Crippen LogP contribution in [0.25, 0.3) is 0 Å². The molecule has 2 aliphatic rings. The number of hydrogen-bond acceptors (Lipinski definition) is 6. The van der Waals surface area contributed by atoms with Gasteiger partial charge < -0.3 is 10.6 Å². The van der Waals surface area contributed by atoms with Gasteiger partial charge in [0.2, 0.25) is 0 Å². The number of benzene rings is 1. The minimum absolute atomic E-state index is 0.00611. The van der Waals surface area contributed by atoms with Gasteiger partial charge in [0.1, 0.15) is 5.54 Å². The maximum Gasteiger partial charge on any atom is 0.501 e. The minimum Gasteiger partial charge on any atom is -0.384 e. The second-order valence-electron chi connectivity index (χ2n) is 7.65. The summed E-state index contributed by atoms with van der Waals surface area (Å²) in [5, 5.41) is 5.89. The van der Waals surface area contributed by atoms with E-state index in [-0.39, 0.29) is 11.6 Å². The molecule has 32 heavy (non-hydrogen) atoms. The Labute approximate surface area is 181 Å². The van der Waals surface area contributed by atoms with Gasteiger partial charge >= 0.3 is 11.5 Å². The number of rotatable bonds is 6. The van der Waals surface area contributed by atoms with E-state index < -0.39 is 37.7 Å². The number of sulfone groups is 1. The summed E-state index contributed by atoms with van der Waals surface area (Å²) in [4.78, 5) is 29.5. The van der Waals surface area contributed by atoms with Crippen molar-refractivity contribution in [3.05, 3.63) is 48.3 Å². The lowest BCUT2D eigenvalue weighted by molar-refractivity contribution is -0.119. The fraction of sp³-hybridized carbons (Fsp3) is 0.350. The van der Waals surface area contributed by atoms with Gasteiger partial charge in [-0.2, -0.15) is 13.2 Å². The number of carbonyl (C=O) groups is 2. The van der Waals surface area contributed by atoms with E-state index in [9.17, 15) is 31.2 Å². The number of aromatic nitrogens is 1. The summed E-state index contributed by atoms with van der Waals surface area (Å²) in [6, 6.07) is 4.62. The van der Waals surface area contributed by atoms with Gasteiger partial charge in [0, 0.05) is 12.7 Å². The lowest BCUT2D eigenvalue weighted by Crippen LogP contribution is -2.35. The summed E-state index contributed by atoms with van der Waals surface area (Å²) >= 11 is 0. The Morgan fingerprint density at radius 1 is 1.22 bits per heavy atom. The number of alkyl halides is 3. The van der Waals surface area contributed by atoms with Gasteiger partial charge in [-0.1, -0.05) is 0 Å². The van der Waals surface area contributed by atoms with Crippen LogP contribution in [0.4, 0.5) is 29.3 Å². The zero-order valence-corrected chi connectivity index (χ0v) is 17.6. The molecule has 1 aliphatic heterocycles. The molecule has 1 spiro atoms. The maximum atomic E-state index is 13.1. The van der Waals surface area contributed by atoms with Crippen molar-refractivity contribution >= 4 is 33.2 Å². The Balaban J connectivity index is 1.54. The van der Waals surface area contributed by atoms with Gasteiger partial charge in [-0.3, -0.25) is 9.78 Å². The van der Waals surface area contributed by atoms with Crippen molar-refractivity contribution in [3.63, 3.8) is 0 Å². The molecular weight excluding hydrogens is 449 g/mol. The van der Waals surface area contributed by atoms with Crippen LogP contribution in [0.3, 0.4) is 0 Å². The van der Waals surface area contributed by atoms with Crippen LogP contribution in [0.1, 0.15) is 18.9 Å². The van der Waals surface area contributed by atoms with Crippen LogP contribution in [0.15, 0.2) is 47.6 Å². The molecular formula is C20H19F3N4O4S. The van der Waals surface area contributed by atoms with Crippen LogP contribution in [-0.4, -0.2) is 42.9 Å². The van der Waals surface area contributed by atoms with E-state index in [1.165, 1.54) is 0 Å². The van der Waals surface area contributed by atoms with Crippen molar-refractivity contribution in [2.24, 2.45) is 5.92 Å². The summed E-state index contributed by atoms with van der Waals surface area (Å²) < 4.78 is 61.2. The van der Waals surface area contributed by atoms with Crippen molar-refractivity contribution in [3.8, 4) is 0 Å². The average Bonchev–Trinajstić information content (AvgIpc) is 3.35. The van der Waals surface area contributed by atoms with E-state index in [0.29, 0.717) is 19.4 Å². The van der Waals surface area contributed by atoms with Gasteiger partial charge in [0.05, 0.1) is 22.5 Å². The van der Waals surface area contributed by atoms with Crippen molar-refractivity contribution in [2.45, 2.75) is 35.7 Å². The largest absolute Gasteiger partial charge is 0.501 e. The van der Waals surface area contributed by atoms with Crippen molar-refractivity contribution in [2.75, 3.05) is 16.8 Å². The van der Waals surface area contributed by atoms with Gasteiger partial charge in [0.15, 0.2) is 0 Å². The molecule has 12 heteroatoms. The molecule has 2 aromatic rings. The Hall–Kier alpha value is -3.15. The average molecular weight is 468 g/mol. The first-order valence-electron chi connectivity index (χ1n) is 9.76. The highest BCUT2D eigenvalue weighted by Gasteiger charge is 2.67. The lowest BCUT2D eigenvalue weighted by Gasteiger charge is -2.15. The van der Waals surface area contributed by atoms with Crippen LogP contribution >= 0.6 is 0 Å². The van der Waals surface area contributed by atoms with Gasteiger partial charge in [-0.25, -0.2) is 18.1 Å². The third-order valence-corrected chi connectivity index (χ3v) is 7.18. The molecule has 0 bridgehead atoms. The van der Waals surface area contributed by atoms with Crippen molar-refractivity contribution < 1.29 is 31.2 Å². The number of pyridine rings is 1. The van der Waals surface area contributed by atoms with E-state index in [2.05, 4.69) is 15.6 Å². The Morgan fingerprint density at radius 2 is 1.91 bits per heavy atom. The molecule has 2 atom stereocenters. The molecule has 0 radical (unpaired) electrons. The highest BCUT2D eigenvalue weighted by molar-refractivity contribution is 7.92. The molecule has 3 amide bonds. The maximum absolute atomic E-state index is 13.1. The molecule has 2 unspecified atom stereocenters. The number of imide groups is 1. The highest BCUT2D eigenvalue weighted by Crippen LogP contribution is 2.50. The van der Waals surface area contributed by atoms with Crippen LogP contribution in [0, 0.1) is 5.92 Å². The fourth-order valence-electron chi connectivity index (χ4n) is 3.94. The van der Waals surface area contributed by atoms with E-state index in [4.69, 9.17) is 0 Å². The second-order valence-corrected chi connectivity index (χ2v) is 9.59. The minimum atomic E-state index is -5.52. The quantitative estimate of drug-likeness (QED) is 0.632. The van der Waals surface area contributed by atoms with Gasteiger partial charge in [-0.15, -0.1) is 0 Å². The predicted octanol–water partition coefficient (Wildman–Crippen LogP) is 2.86. The third-order valence-electron chi connectivity index (χ3n) is 5.68. The topological polar surface area (TPSA) is 108 Å². The van der Waals surface area contributed by atoms with E-state index >= 15 is 0 Å². The van der Waals surface area contributed by atoms with Crippen LogP contribution in [0.5, 0.6) is 0 Å². The lowest BCUT2D eigenvalue weighted by atomic mass is 10.0. The molecule has 170 valence electrons.